The maximum atomic E-state index is 6.24. The molecule has 0 aliphatic rings. The van der Waals surface area contributed by atoms with Gasteiger partial charge in [0.1, 0.15) is 5.75 Å². The lowest BCUT2D eigenvalue weighted by Crippen LogP contribution is -1.98. The first-order chi connectivity index (χ1) is 6.97. The molecular formula is C13H19ClO. The van der Waals surface area contributed by atoms with Gasteiger partial charge < -0.3 is 4.74 Å². The minimum atomic E-state index is 0.424. The Morgan fingerprint density at radius 2 is 1.53 bits per heavy atom. The fourth-order valence-corrected chi connectivity index (χ4v) is 2.05. The van der Waals surface area contributed by atoms with E-state index in [1.807, 2.05) is 6.07 Å². The van der Waals surface area contributed by atoms with E-state index >= 15 is 0 Å². The summed E-state index contributed by atoms with van der Waals surface area (Å²) in [5.74, 6) is 1.80. The van der Waals surface area contributed by atoms with Crippen molar-refractivity contribution in [3.05, 3.63) is 28.3 Å². The Morgan fingerprint density at radius 3 is 1.93 bits per heavy atom. The van der Waals surface area contributed by atoms with E-state index in [2.05, 4.69) is 33.8 Å². The second-order valence-electron chi connectivity index (χ2n) is 4.43. The summed E-state index contributed by atoms with van der Waals surface area (Å²) in [4.78, 5) is 0. The van der Waals surface area contributed by atoms with E-state index in [4.69, 9.17) is 16.3 Å². The molecule has 0 aliphatic carbocycles. The van der Waals surface area contributed by atoms with Crippen LogP contribution in [-0.4, -0.2) is 7.11 Å². The highest BCUT2D eigenvalue weighted by atomic mass is 35.5. The van der Waals surface area contributed by atoms with Crippen LogP contribution in [0.1, 0.15) is 50.7 Å². The van der Waals surface area contributed by atoms with Crippen LogP contribution in [0, 0.1) is 0 Å². The van der Waals surface area contributed by atoms with Gasteiger partial charge in [0.25, 0.3) is 0 Å². The largest absolute Gasteiger partial charge is 0.496 e. The standard InChI is InChI=1S/C13H19ClO/c1-8(2)10-7-13(15-5)11(9(3)4)6-12(10)14/h6-9H,1-5H3. The summed E-state index contributed by atoms with van der Waals surface area (Å²) in [7, 11) is 1.71. The van der Waals surface area contributed by atoms with Crippen LogP contribution in [0.25, 0.3) is 0 Å². The first kappa shape index (κ1) is 12.4. The quantitative estimate of drug-likeness (QED) is 0.732. The van der Waals surface area contributed by atoms with Crippen LogP contribution in [0.3, 0.4) is 0 Å². The van der Waals surface area contributed by atoms with Crippen LogP contribution in [0.2, 0.25) is 5.02 Å². The third kappa shape index (κ3) is 2.66. The van der Waals surface area contributed by atoms with Crippen molar-refractivity contribution in [2.45, 2.75) is 39.5 Å². The minimum absolute atomic E-state index is 0.424. The van der Waals surface area contributed by atoms with Gasteiger partial charge in [-0.25, -0.2) is 0 Å². The van der Waals surface area contributed by atoms with Crippen molar-refractivity contribution >= 4 is 11.6 Å². The number of ether oxygens (including phenoxy) is 1. The Labute approximate surface area is 97.4 Å². The highest BCUT2D eigenvalue weighted by molar-refractivity contribution is 6.31. The molecule has 1 rings (SSSR count). The van der Waals surface area contributed by atoms with E-state index in [-0.39, 0.29) is 0 Å². The molecule has 0 saturated carbocycles. The second kappa shape index (κ2) is 4.89. The van der Waals surface area contributed by atoms with Gasteiger partial charge in [-0.3, -0.25) is 0 Å². The van der Waals surface area contributed by atoms with Crippen molar-refractivity contribution < 1.29 is 4.74 Å². The molecule has 1 aromatic carbocycles. The molecule has 0 aromatic heterocycles. The molecule has 15 heavy (non-hydrogen) atoms. The molecular weight excluding hydrogens is 208 g/mol. The van der Waals surface area contributed by atoms with E-state index in [1.54, 1.807) is 7.11 Å². The molecule has 0 amide bonds. The zero-order valence-electron chi connectivity index (χ0n) is 10.1. The van der Waals surface area contributed by atoms with Crippen molar-refractivity contribution in [1.82, 2.24) is 0 Å². The van der Waals surface area contributed by atoms with Crippen LogP contribution in [0.15, 0.2) is 12.1 Å². The van der Waals surface area contributed by atoms with Gasteiger partial charge in [-0.2, -0.15) is 0 Å². The highest BCUT2D eigenvalue weighted by Gasteiger charge is 2.13. The first-order valence-electron chi connectivity index (χ1n) is 5.34. The van der Waals surface area contributed by atoms with Gasteiger partial charge in [-0.15, -0.1) is 0 Å². The highest BCUT2D eigenvalue weighted by Crippen LogP contribution is 2.35. The molecule has 0 saturated heterocycles. The van der Waals surface area contributed by atoms with E-state index in [9.17, 15) is 0 Å². The summed E-state index contributed by atoms with van der Waals surface area (Å²) in [6.07, 6.45) is 0. The maximum absolute atomic E-state index is 6.24. The lowest BCUT2D eigenvalue weighted by atomic mass is 9.96. The van der Waals surface area contributed by atoms with E-state index in [1.165, 1.54) is 5.56 Å². The molecule has 84 valence electrons. The molecule has 0 fully saturated rings. The first-order valence-corrected chi connectivity index (χ1v) is 5.72. The normalized spacial score (nSPS) is 11.2. The van der Waals surface area contributed by atoms with Gasteiger partial charge in [-0.1, -0.05) is 39.3 Å². The summed E-state index contributed by atoms with van der Waals surface area (Å²) in [6.45, 7) is 8.55. The van der Waals surface area contributed by atoms with E-state index in [0.717, 1.165) is 16.3 Å². The SMILES string of the molecule is COc1cc(C(C)C)c(Cl)cc1C(C)C. The monoisotopic (exact) mass is 226 g/mol. The van der Waals surface area contributed by atoms with Crippen LogP contribution in [-0.2, 0) is 0 Å². The maximum Gasteiger partial charge on any atom is 0.122 e. The zero-order chi connectivity index (χ0) is 11.6. The summed E-state index contributed by atoms with van der Waals surface area (Å²) >= 11 is 6.24. The van der Waals surface area contributed by atoms with Gasteiger partial charge in [0.05, 0.1) is 7.11 Å². The Morgan fingerprint density at radius 1 is 1.00 bits per heavy atom. The molecule has 0 radical (unpaired) electrons. The zero-order valence-corrected chi connectivity index (χ0v) is 10.9. The number of halogens is 1. The second-order valence-corrected chi connectivity index (χ2v) is 4.83. The number of rotatable bonds is 3. The summed E-state index contributed by atoms with van der Waals surface area (Å²) in [6, 6.07) is 4.09. The van der Waals surface area contributed by atoms with Crippen LogP contribution in [0.5, 0.6) is 5.75 Å². The molecule has 2 heteroatoms. The van der Waals surface area contributed by atoms with Crippen LogP contribution in [0.4, 0.5) is 0 Å². The van der Waals surface area contributed by atoms with Gasteiger partial charge in [0.15, 0.2) is 0 Å². The van der Waals surface area contributed by atoms with Gasteiger partial charge in [0.2, 0.25) is 0 Å². The van der Waals surface area contributed by atoms with E-state index in [0.29, 0.717) is 11.8 Å². The Balaban J connectivity index is 3.29. The Kier molecular flexibility index (Phi) is 4.04. The summed E-state index contributed by atoms with van der Waals surface area (Å²) in [5.41, 5.74) is 2.32. The molecule has 1 aromatic rings. The van der Waals surface area contributed by atoms with E-state index < -0.39 is 0 Å². The molecule has 0 aliphatic heterocycles. The average molecular weight is 227 g/mol. The molecule has 0 unspecified atom stereocenters. The fraction of sp³-hybridized carbons (Fsp3) is 0.538. The Hall–Kier alpha value is -0.690. The smallest absolute Gasteiger partial charge is 0.122 e. The van der Waals surface area contributed by atoms with Crippen molar-refractivity contribution in [2.75, 3.05) is 7.11 Å². The van der Waals surface area contributed by atoms with Crippen LogP contribution >= 0.6 is 11.6 Å². The molecule has 0 heterocycles. The lowest BCUT2D eigenvalue weighted by molar-refractivity contribution is 0.407. The number of methoxy groups -OCH3 is 1. The topological polar surface area (TPSA) is 9.23 Å². The van der Waals surface area contributed by atoms with Gasteiger partial charge >= 0.3 is 0 Å². The number of hydrogen-bond acceptors (Lipinski definition) is 1. The Bertz CT molecular complexity index is 343. The third-order valence-electron chi connectivity index (χ3n) is 2.59. The average Bonchev–Trinajstić information content (AvgIpc) is 2.16. The van der Waals surface area contributed by atoms with Crippen molar-refractivity contribution in [3.63, 3.8) is 0 Å². The number of benzene rings is 1. The molecule has 0 N–H and O–H groups in total. The van der Waals surface area contributed by atoms with Crippen LogP contribution < -0.4 is 4.74 Å². The fourth-order valence-electron chi connectivity index (χ4n) is 1.65. The molecule has 1 nitrogen and oxygen atoms in total. The summed E-state index contributed by atoms with van der Waals surface area (Å²) in [5, 5.41) is 0.842. The van der Waals surface area contributed by atoms with Gasteiger partial charge in [-0.05, 0) is 35.1 Å². The third-order valence-corrected chi connectivity index (χ3v) is 2.92. The lowest BCUT2D eigenvalue weighted by Gasteiger charge is -2.16. The summed E-state index contributed by atoms with van der Waals surface area (Å²) < 4.78 is 5.39. The number of hydrogen-bond donors (Lipinski definition) is 0. The van der Waals surface area contributed by atoms with Gasteiger partial charge in [0, 0.05) is 5.02 Å². The predicted molar refractivity (Wildman–Crippen MR) is 66.2 cm³/mol. The van der Waals surface area contributed by atoms with Crippen molar-refractivity contribution in [1.29, 1.82) is 0 Å². The van der Waals surface area contributed by atoms with Crippen molar-refractivity contribution in [2.24, 2.45) is 0 Å². The molecule has 0 atom stereocenters. The van der Waals surface area contributed by atoms with Crippen molar-refractivity contribution in [3.8, 4) is 5.75 Å². The predicted octanol–water partition coefficient (Wildman–Crippen LogP) is 4.60. The molecule has 0 bridgehead atoms. The minimum Gasteiger partial charge on any atom is -0.496 e. The molecule has 0 spiro atoms.